The van der Waals surface area contributed by atoms with Crippen LogP contribution in [0.4, 0.5) is 17.3 Å². The molecular formula is C27H19N7O3S. The maximum Gasteiger partial charge on any atom is 0.274 e. The van der Waals surface area contributed by atoms with E-state index in [-0.39, 0.29) is 29.6 Å². The van der Waals surface area contributed by atoms with Gasteiger partial charge in [-0.15, -0.1) is 10.2 Å². The fourth-order valence-corrected chi connectivity index (χ4v) is 4.92. The summed E-state index contributed by atoms with van der Waals surface area (Å²) >= 11 is 1.44. The van der Waals surface area contributed by atoms with E-state index in [1.54, 1.807) is 42.5 Å². The zero-order valence-electron chi connectivity index (χ0n) is 19.7. The number of aliphatic hydroxyl groups is 1. The second-order valence-electron chi connectivity index (χ2n) is 8.29. The Morgan fingerprint density at radius 2 is 1.79 bits per heavy atom. The number of carbonyl (C=O) groups is 1. The van der Waals surface area contributed by atoms with E-state index in [4.69, 9.17) is 0 Å². The van der Waals surface area contributed by atoms with Gasteiger partial charge in [-0.05, 0) is 46.7 Å². The minimum absolute atomic E-state index is 0.0657. The number of amides is 1. The Morgan fingerprint density at radius 1 is 1.00 bits per heavy atom. The third-order valence-electron chi connectivity index (χ3n) is 5.86. The molecule has 11 heteroatoms. The fourth-order valence-electron chi connectivity index (χ4n) is 4.00. The highest BCUT2D eigenvalue weighted by Crippen LogP contribution is 2.38. The summed E-state index contributed by atoms with van der Waals surface area (Å²) in [7, 11) is 0. The van der Waals surface area contributed by atoms with Crippen LogP contribution in [-0.2, 0) is 6.61 Å². The number of hydrogen-bond acceptors (Lipinski definition) is 9. The lowest BCUT2D eigenvalue weighted by atomic mass is 10.0. The number of aromatic hydroxyl groups is 1. The Hall–Kier alpha value is -5.00. The lowest BCUT2D eigenvalue weighted by Gasteiger charge is -2.12. The molecule has 0 unspecified atom stereocenters. The summed E-state index contributed by atoms with van der Waals surface area (Å²) in [5.74, 6) is -0.653. The zero-order chi connectivity index (χ0) is 26.1. The quantitative estimate of drug-likeness (QED) is 0.234. The third kappa shape index (κ3) is 4.36. The van der Waals surface area contributed by atoms with Gasteiger partial charge in [0, 0.05) is 5.69 Å². The van der Waals surface area contributed by atoms with Crippen LogP contribution >= 0.6 is 11.3 Å². The number of phenolic OH excluding ortho intramolecular Hbond substituents is 1. The maximum atomic E-state index is 13.3. The first kappa shape index (κ1) is 23.4. The van der Waals surface area contributed by atoms with Crippen LogP contribution in [-0.4, -0.2) is 35.9 Å². The minimum Gasteiger partial charge on any atom is -0.505 e. The summed E-state index contributed by atoms with van der Waals surface area (Å²) in [6.45, 7) is -0.0978. The molecule has 2 aromatic heterocycles. The zero-order valence-corrected chi connectivity index (χ0v) is 20.5. The van der Waals surface area contributed by atoms with Crippen molar-refractivity contribution in [3.63, 3.8) is 0 Å². The number of nitrogens with zero attached hydrogens (tertiary/aromatic N) is 6. The molecule has 0 spiro atoms. The van der Waals surface area contributed by atoms with E-state index in [0.29, 0.717) is 21.6 Å². The number of nitrogens with one attached hydrogen (secondary N) is 1. The number of carbonyl (C=O) groups excluding carboxylic acids is 1. The lowest BCUT2D eigenvalue weighted by molar-refractivity contribution is 0.102. The summed E-state index contributed by atoms with van der Waals surface area (Å²) in [6, 6.07) is 23.4. The highest BCUT2D eigenvalue weighted by atomic mass is 32.1. The van der Waals surface area contributed by atoms with Gasteiger partial charge in [0.05, 0.1) is 22.4 Å². The monoisotopic (exact) mass is 521 g/mol. The number of hydrogen-bond donors (Lipinski definition) is 3. The van der Waals surface area contributed by atoms with Gasteiger partial charge in [0.15, 0.2) is 5.75 Å². The van der Waals surface area contributed by atoms with Crippen LogP contribution in [0.2, 0.25) is 0 Å². The highest BCUT2D eigenvalue weighted by molar-refractivity contribution is 7.20. The lowest BCUT2D eigenvalue weighted by Crippen LogP contribution is -2.12. The molecule has 0 saturated heterocycles. The van der Waals surface area contributed by atoms with Crippen molar-refractivity contribution in [3.8, 4) is 10.9 Å². The number of thiazole rings is 1. The van der Waals surface area contributed by atoms with Crippen molar-refractivity contribution in [1.29, 1.82) is 0 Å². The number of aromatic nitrogens is 4. The Labute approximate surface area is 219 Å². The van der Waals surface area contributed by atoms with Gasteiger partial charge < -0.3 is 15.5 Å². The molecule has 0 aliphatic heterocycles. The van der Waals surface area contributed by atoms with E-state index in [0.717, 1.165) is 15.8 Å². The standard InChI is InChI=1S/C27H19N7O3S/c35-14-16-9-11-18(12-10-16)30-25(37)23-19-6-2-1-5-17(19)13-21(24(23)36)32-33-26-28-15-29-34(26)27-31-20-7-3-4-8-22(20)38-27/h1-13,15,35-36H,14H2,(H,30,37)/b33-32+. The number of para-hydroxylation sites is 1. The van der Waals surface area contributed by atoms with E-state index >= 15 is 0 Å². The van der Waals surface area contributed by atoms with Gasteiger partial charge in [0.25, 0.3) is 11.9 Å². The van der Waals surface area contributed by atoms with Crippen molar-refractivity contribution in [1.82, 2.24) is 19.7 Å². The van der Waals surface area contributed by atoms with Crippen LogP contribution in [0, 0.1) is 0 Å². The SMILES string of the molecule is O=C(Nc1ccc(CO)cc1)c1c(O)c(/N=N/c2ncnn2-c2nc3ccccc3s2)cc2ccccc12. The Kier molecular flexibility index (Phi) is 6.04. The number of rotatable bonds is 6. The van der Waals surface area contributed by atoms with E-state index in [1.807, 2.05) is 36.4 Å². The molecule has 1 amide bonds. The number of azo groups is 1. The Balaban J connectivity index is 1.37. The van der Waals surface area contributed by atoms with Gasteiger partial charge >= 0.3 is 0 Å². The Morgan fingerprint density at radius 3 is 2.61 bits per heavy atom. The molecule has 3 N–H and O–H groups in total. The molecular weight excluding hydrogens is 502 g/mol. The normalized spacial score (nSPS) is 11.5. The van der Waals surface area contributed by atoms with Crippen molar-refractivity contribution in [3.05, 3.63) is 96.3 Å². The van der Waals surface area contributed by atoms with E-state index in [9.17, 15) is 15.0 Å². The van der Waals surface area contributed by atoms with Crippen molar-refractivity contribution in [2.75, 3.05) is 5.32 Å². The molecule has 0 fully saturated rings. The van der Waals surface area contributed by atoms with Crippen LogP contribution in [0.15, 0.2) is 95.4 Å². The van der Waals surface area contributed by atoms with Crippen LogP contribution in [0.3, 0.4) is 0 Å². The van der Waals surface area contributed by atoms with Crippen LogP contribution in [0.25, 0.3) is 26.1 Å². The van der Waals surface area contributed by atoms with Crippen LogP contribution in [0.5, 0.6) is 5.75 Å². The largest absolute Gasteiger partial charge is 0.505 e. The van der Waals surface area contributed by atoms with Crippen LogP contribution < -0.4 is 5.32 Å². The smallest absolute Gasteiger partial charge is 0.274 e. The van der Waals surface area contributed by atoms with Gasteiger partial charge in [0.1, 0.15) is 12.0 Å². The summed E-state index contributed by atoms with van der Waals surface area (Å²) in [5, 5.41) is 37.7. The van der Waals surface area contributed by atoms with Crippen molar-refractivity contribution >= 4 is 55.6 Å². The molecule has 10 nitrogen and oxygen atoms in total. The van der Waals surface area contributed by atoms with Crippen molar-refractivity contribution in [2.45, 2.75) is 6.61 Å². The molecule has 2 heterocycles. The number of fused-ring (bicyclic) bond motifs is 2. The molecule has 6 aromatic rings. The molecule has 0 aliphatic carbocycles. The summed E-state index contributed by atoms with van der Waals surface area (Å²) in [6.07, 6.45) is 1.35. The molecule has 0 aliphatic rings. The average molecular weight is 522 g/mol. The number of phenols is 1. The first-order valence-corrected chi connectivity index (χ1v) is 12.4. The summed E-state index contributed by atoms with van der Waals surface area (Å²) in [5.41, 5.74) is 2.24. The minimum atomic E-state index is -0.509. The number of benzene rings is 4. The van der Waals surface area contributed by atoms with Crippen LogP contribution in [0.1, 0.15) is 15.9 Å². The topological polar surface area (TPSA) is 138 Å². The first-order chi connectivity index (χ1) is 18.6. The average Bonchev–Trinajstić information content (AvgIpc) is 3.59. The Bertz CT molecular complexity index is 1790. The number of anilines is 1. The van der Waals surface area contributed by atoms with Crippen molar-refractivity contribution < 1.29 is 15.0 Å². The molecule has 6 rings (SSSR count). The fraction of sp³-hybridized carbons (Fsp3) is 0.0370. The molecule has 4 aromatic carbocycles. The second-order valence-corrected chi connectivity index (χ2v) is 9.29. The first-order valence-electron chi connectivity index (χ1n) is 11.5. The van der Waals surface area contributed by atoms with E-state index in [1.165, 1.54) is 22.3 Å². The summed E-state index contributed by atoms with van der Waals surface area (Å²) in [4.78, 5) is 22.0. The molecule has 38 heavy (non-hydrogen) atoms. The predicted octanol–water partition coefficient (Wildman–Crippen LogP) is 5.90. The molecule has 0 radical (unpaired) electrons. The highest BCUT2D eigenvalue weighted by Gasteiger charge is 2.20. The van der Waals surface area contributed by atoms with E-state index < -0.39 is 5.91 Å². The van der Waals surface area contributed by atoms with Gasteiger partial charge in [-0.2, -0.15) is 14.8 Å². The molecule has 0 saturated carbocycles. The van der Waals surface area contributed by atoms with Gasteiger partial charge in [-0.25, -0.2) is 4.98 Å². The van der Waals surface area contributed by atoms with Crippen molar-refractivity contribution in [2.24, 2.45) is 10.2 Å². The predicted molar refractivity (Wildman–Crippen MR) is 145 cm³/mol. The van der Waals surface area contributed by atoms with Gasteiger partial charge in [-0.3, -0.25) is 4.79 Å². The van der Waals surface area contributed by atoms with Gasteiger partial charge in [-0.1, -0.05) is 59.9 Å². The van der Waals surface area contributed by atoms with E-state index in [2.05, 4.69) is 30.6 Å². The molecule has 0 atom stereocenters. The molecule has 0 bridgehead atoms. The number of aliphatic hydroxyl groups excluding tert-OH is 1. The summed E-state index contributed by atoms with van der Waals surface area (Å²) < 4.78 is 2.46. The second kappa shape index (κ2) is 9.81. The maximum absolute atomic E-state index is 13.3. The van der Waals surface area contributed by atoms with Gasteiger partial charge in [0.2, 0.25) is 5.13 Å². The molecule has 186 valence electrons. The third-order valence-corrected chi connectivity index (χ3v) is 6.88.